The smallest absolute Gasteiger partial charge is 0.285 e. The van der Waals surface area contributed by atoms with Crippen LogP contribution in [0.2, 0.25) is 0 Å². The van der Waals surface area contributed by atoms with Crippen molar-refractivity contribution >= 4 is 23.6 Å². The van der Waals surface area contributed by atoms with Gasteiger partial charge >= 0.3 is 0 Å². The van der Waals surface area contributed by atoms with E-state index in [1.54, 1.807) is 0 Å². The standard InChI is InChI=1S/C13H18N4O4/c18-10-6-8(12(20)14-10)16-2-1-3-17(5-4-16)9-7-11(19)15-13(9)21/h8-9H,1-7H2,(H,14,18,20)(H,15,19,21)/p+2/t8-,9-/m1/s1. The molecule has 2 unspecified atom stereocenters. The molecule has 0 aromatic heterocycles. The van der Waals surface area contributed by atoms with Gasteiger partial charge in [-0.2, -0.15) is 0 Å². The summed E-state index contributed by atoms with van der Waals surface area (Å²) in [6, 6.07) is -0.591. The summed E-state index contributed by atoms with van der Waals surface area (Å²) >= 11 is 0. The molecule has 3 fully saturated rings. The average molecular weight is 296 g/mol. The molecule has 3 aliphatic heterocycles. The summed E-state index contributed by atoms with van der Waals surface area (Å²) < 4.78 is 0. The Balaban J connectivity index is 1.62. The van der Waals surface area contributed by atoms with Gasteiger partial charge in [-0.3, -0.25) is 29.8 Å². The minimum atomic E-state index is -0.295. The Kier molecular flexibility index (Phi) is 3.73. The first kappa shape index (κ1) is 14.2. The van der Waals surface area contributed by atoms with E-state index < -0.39 is 0 Å². The molecule has 0 aromatic carbocycles. The predicted octanol–water partition coefficient (Wildman–Crippen LogP) is -5.01. The van der Waals surface area contributed by atoms with Crippen molar-refractivity contribution in [2.75, 3.05) is 26.2 Å². The van der Waals surface area contributed by atoms with E-state index in [1.165, 1.54) is 0 Å². The largest absolute Gasteiger partial charge is 0.319 e. The monoisotopic (exact) mass is 296 g/mol. The van der Waals surface area contributed by atoms with Gasteiger partial charge in [-0.05, 0) is 0 Å². The van der Waals surface area contributed by atoms with Crippen molar-refractivity contribution in [3.63, 3.8) is 0 Å². The first-order valence-corrected chi connectivity index (χ1v) is 7.41. The Bertz CT molecular complexity index is 462. The molecule has 3 rings (SSSR count). The van der Waals surface area contributed by atoms with Crippen LogP contribution in [-0.4, -0.2) is 61.9 Å². The lowest BCUT2D eigenvalue weighted by atomic mass is 10.2. The second-order valence-electron chi connectivity index (χ2n) is 6.01. The van der Waals surface area contributed by atoms with E-state index in [9.17, 15) is 19.2 Å². The molecule has 4 N–H and O–H groups in total. The predicted molar refractivity (Wildman–Crippen MR) is 69.1 cm³/mol. The normalized spacial score (nSPS) is 37.3. The molecule has 8 nitrogen and oxygen atoms in total. The second-order valence-corrected chi connectivity index (χ2v) is 6.01. The number of carbonyl (C=O) groups excluding carboxylic acids is 4. The first-order valence-electron chi connectivity index (χ1n) is 7.41. The van der Waals surface area contributed by atoms with Crippen LogP contribution in [0.1, 0.15) is 19.3 Å². The Morgan fingerprint density at radius 2 is 1.14 bits per heavy atom. The minimum absolute atomic E-state index is 0.188. The zero-order chi connectivity index (χ0) is 15.0. The molecule has 3 heterocycles. The lowest BCUT2D eigenvalue weighted by Gasteiger charge is -2.22. The van der Waals surface area contributed by atoms with E-state index in [0.717, 1.165) is 42.4 Å². The summed E-state index contributed by atoms with van der Waals surface area (Å²) in [4.78, 5) is 48.3. The molecule has 114 valence electrons. The Hall–Kier alpha value is -1.80. The maximum atomic E-state index is 11.8. The van der Waals surface area contributed by atoms with E-state index in [4.69, 9.17) is 0 Å². The van der Waals surface area contributed by atoms with Crippen molar-refractivity contribution in [1.82, 2.24) is 10.6 Å². The third-order valence-corrected chi connectivity index (χ3v) is 4.69. The van der Waals surface area contributed by atoms with Gasteiger partial charge in [-0.1, -0.05) is 0 Å². The molecule has 3 aliphatic rings. The van der Waals surface area contributed by atoms with Crippen molar-refractivity contribution in [1.29, 1.82) is 0 Å². The fraction of sp³-hybridized carbons (Fsp3) is 0.692. The van der Waals surface area contributed by atoms with Crippen molar-refractivity contribution in [3.05, 3.63) is 0 Å². The summed E-state index contributed by atoms with van der Waals surface area (Å²) in [5.41, 5.74) is 0. The zero-order valence-corrected chi connectivity index (χ0v) is 11.7. The summed E-state index contributed by atoms with van der Waals surface area (Å²) in [5.74, 6) is -0.780. The number of nitrogens with one attached hydrogen (secondary N) is 4. The lowest BCUT2D eigenvalue weighted by Crippen LogP contribution is -3.22. The number of carbonyl (C=O) groups is 4. The fourth-order valence-corrected chi connectivity index (χ4v) is 3.58. The van der Waals surface area contributed by atoms with E-state index >= 15 is 0 Å². The molecule has 4 atom stereocenters. The molecule has 0 aromatic rings. The number of rotatable bonds is 2. The average Bonchev–Trinajstić information content (AvgIpc) is 2.83. The molecule has 8 heteroatoms. The van der Waals surface area contributed by atoms with E-state index in [0.29, 0.717) is 0 Å². The molecular formula is C13H20N4O4+2. The molecule has 4 amide bonds. The van der Waals surface area contributed by atoms with E-state index in [2.05, 4.69) is 10.6 Å². The topological polar surface area (TPSA) is 101 Å². The molecule has 0 saturated carbocycles. The first-order chi connectivity index (χ1) is 10.0. The van der Waals surface area contributed by atoms with Crippen molar-refractivity contribution < 1.29 is 29.0 Å². The van der Waals surface area contributed by atoms with Gasteiger partial charge in [0.1, 0.15) is 13.1 Å². The summed E-state index contributed by atoms with van der Waals surface area (Å²) in [5, 5.41) is 4.70. The van der Waals surface area contributed by atoms with Gasteiger partial charge in [0, 0.05) is 6.42 Å². The molecule has 0 bridgehead atoms. The highest BCUT2D eigenvalue weighted by Gasteiger charge is 2.43. The third kappa shape index (κ3) is 2.81. The van der Waals surface area contributed by atoms with Gasteiger partial charge < -0.3 is 9.80 Å². The molecule has 0 aliphatic carbocycles. The zero-order valence-electron chi connectivity index (χ0n) is 11.7. The van der Waals surface area contributed by atoms with Crippen molar-refractivity contribution in [2.45, 2.75) is 31.3 Å². The Morgan fingerprint density at radius 3 is 1.48 bits per heavy atom. The minimum Gasteiger partial charge on any atom is -0.319 e. The molecule has 0 spiro atoms. The number of hydrogen-bond acceptors (Lipinski definition) is 4. The highest BCUT2D eigenvalue weighted by atomic mass is 16.2. The van der Waals surface area contributed by atoms with Gasteiger partial charge in [0.2, 0.25) is 11.8 Å². The van der Waals surface area contributed by atoms with Crippen LogP contribution in [0, 0.1) is 0 Å². The molecular weight excluding hydrogens is 276 g/mol. The van der Waals surface area contributed by atoms with Crippen LogP contribution in [0.25, 0.3) is 0 Å². The van der Waals surface area contributed by atoms with Gasteiger partial charge in [-0.25, -0.2) is 0 Å². The summed E-state index contributed by atoms with van der Waals surface area (Å²) in [6.45, 7) is 3.10. The van der Waals surface area contributed by atoms with Gasteiger partial charge in [-0.15, -0.1) is 0 Å². The number of imide groups is 2. The highest BCUT2D eigenvalue weighted by Crippen LogP contribution is 2.00. The van der Waals surface area contributed by atoms with Crippen LogP contribution in [0.5, 0.6) is 0 Å². The van der Waals surface area contributed by atoms with Gasteiger partial charge in [0.15, 0.2) is 12.1 Å². The van der Waals surface area contributed by atoms with Gasteiger partial charge in [0.05, 0.1) is 25.9 Å². The van der Waals surface area contributed by atoms with Crippen molar-refractivity contribution in [3.8, 4) is 0 Å². The summed E-state index contributed by atoms with van der Waals surface area (Å²) in [6.07, 6.45) is 1.39. The molecule has 0 radical (unpaired) electrons. The number of amides is 4. The summed E-state index contributed by atoms with van der Waals surface area (Å²) in [7, 11) is 0. The van der Waals surface area contributed by atoms with Crippen LogP contribution >= 0.6 is 0 Å². The lowest BCUT2D eigenvalue weighted by molar-refractivity contribution is -0.952. The number of hydrogen-bond donors (Lipinski definition) is 4. The van der Waals surface area contributed by atoms with Crippen LogP contribution in [0.3, 0.4) is 0 Å². The third-order valence-electron chi connectivity index (χ3n) is 4.69. The maximum Gasteiger partial charge on any atom is 0.285 e. The Morgan fingerprint density at radius 1 is 0.714 bits per heavy atom. The van der Waals surface area contributed by atoms with Crippen LogP contribution in [0.4, 0.5) is 0 Å². The van der Waals surface area contributed by atoms with E-state index in [1.807, 2.05) is 0 Å². The molecule has 21 heavy (non-hydrogen) atoms. The number of quaternary nitrogens is 2. The highest BCUT2D eigenvalue weighted by molar-refractivity contribution is 6.05. The fourth-order valence-electron chi connectivity index (χ4n) is 3.58. The quantitative estimate of drug-likeness (QED) is 0.383. The van der Waals surface area contributed by atoms with Crippen LogP contribution < -0.4 is 20.4 Å². The van der Waals surface area contributed by atoms with Crippen molar-refractivity contribution in [2.24, 2.45) is 0 Å². The SMILES string of the molecule is O=C1C[C@@H]([NH+]2CCC[NH+]([C@@H]3CC(=O)NC3=O)CC2)C(=O)N1. The van der Waals surface area contributed by atoms with Crippen LogP contribution in [-0.2, 0) is 19.2 Å². The van der Waals surface area contributed by atoms with Gasteiger partial charge in [0.25, 0.3) is 11.8 Å². The second kappa shape index (κ2) is 5.53. The maximum absolute atomic E-state index is 11.8. The Labute approximate surface area is 121 Å². The molecule has 3 saturated heterocycles. The van der Waals surface area contributed by atoms with Crippen LogP contribution in [0.15, 0.2) is 0 Å². The van der Waals surface area contributed by atoms with E-state index in [-0.39, 0.29) is 48.6 Å².